The summed E-state index contributed by atoms with van der Waals surface area (Å²) in [5.41, 5.74) is 1.76. The number of nitrogens with one attached hydrogen (secondary N) is 1. The van der Waals surface area contributed by atoms with E-state index in [-0.39, 0.29) is 5.91 Å². The average Bonchev–Trinajstić information content (AvgIpc) is 2.85. The maximum Gasteiger partial charge on any atom is 0.267 e. The summed E-state index contributed by atoms with van der Waals surface area (Å²) in [7, 11) is 3.51. The molecule has 0 aliphatic heterocycles. The lowest BCUT2D eigenvalue weighted by Gasteiger charge is -2.09. The van der Waals surface area contributed by atoms with E-state index >= 15 is 0 Å². The van der Waals surface area contributed by atoms with Crippen LogP contribution in [-0.4, -0.2) is 24.1 Å². The number of carbonyl (C=O) groups is 1. The lowest BCUT2D eigenvalue weighted by molar-refractivity contribution is 0.0946. The monoisotopic (exact) mass is 258 g/mol. The number of hydrogen-bond donors (Lipinski definition) is 1. The van der Waals surface area contributed by atoms with Gasteiger partial charge in [-0.2, -0.15) is 0 Å². The van der Waals surface area contributed by atoms with Gasteiger partial charge < -0.3 is 14.6 Å². The summed E-state index contributed by atoms with van der Waals surface area (Å²) < 4.78 is 7.08. The van der Waals surface area contributed by atoms with E-state index in [0.29, 0.717) is 12.2 Å². The molecule has 0 aliphatic rings. The highest BCUT2D eigenvalue weighted by Crippen LogP contribution is 2.17. The molecule has 100 valence electrons. The van der Waals surface area contributed by atoms with E-state index in [9.17, 15) is 4.79 Å². The fourth-order valence-corrected chi connectivity index (χ4v) is 2.01. The van der Waals surface area contributed by atoms with Gasteiger partial charge in [0.1, 0.15) is 11.4 Å². The highest BCUT2D eigenvalue weighted by molar-refractivity contribution is 5.92. The number of para-hydroxylation sites is 1. The van der Waals surface area contributed by atoms with E-state index in [0.717, 1.165) is 17.7 Å². The maximum absolute atomic E-state index is 11.9. The van der Waals surface area contributed by atoms with Crippen molar-refractivity contribution >= 4 is 5.91 Å². The van der Waals surface area contributed by atoms with Crippen molar-refractivity contribution in [2.24, 2.45) is 7.05 Å². The van der Waals surface area contributed by atoms with Gasteiger partial charge in [-0.1, -0.05) is 18.2 Å². The first-order chi connectivity index (χ1) is 9.22. The van der Waals surface area contributed by atoms with Crippen LogP contribution in [0.3, 0.4) is 0 Å². The zero-order valence-electron chi connectivity index (χ0n) is 11.2. The Morgan fingerprint density at radius 3 is 2.74 bits per heavy atom. The van der Waals surface area contributed by atoms with Gasteiger partial charge in [0, 0.05) is 19.8 Å². The Kier molecular flexibility index (Phi) is 4.23. The number of ether oxygens (including phenoxy) is 1. The third-order valence-corrected chi connectivity index (χ3v) is 3.05. The van der Waals surface area contributed by atoms with E-state index in [1.165, 1.54) is 0 Å². The molecule has 19 heavy (non-hydrogen) atoms. The Hall–Kier alpha value is -2.23. The zero-order chi connectivity index (χ0) is 13.7. The number of hydrogen-bond acceptors (Lipinski definition) is 2. The summed E-state index contributed by atoms with van der Waals surface area (Å²) in [6.45, 7) is 0.588. The van der Waals surface area contributed by atoms with Crippen molar-refractivity contribution in [2.45, 2.75) is 6.42 Å². The Bertz CT molecular complexity index is 561. The molecule has 1 amide bonds. The van der Waals surface area contributed by atoms with Gasteiger partial charge in [-0.25, -0.2) is 0 Å². The van der Waals surface area contributed by atoms with Gasteiger partial charge >= 0.3 is 0 Å². The van der Waals surface area contributed by atoms with Gasteiger partial charge in [0.15, 0.2) is 0 Å². The molecule has 1 N–H and O–H groups in total. The first-order valence-electron chi connectivity index (χ1n) is 6.24. The highest BCUT2D eigenvalue weighted by Gasteiger charge is 2.08. The number of carbonyl (C=O) groups excluding carboxylic acids is 1. The molecule has 0 bridgehead atoms. The van der Waals surface area contributed by atoms with Crippen molar-refractivity contribution in [3.05, 3.63) is 53.9 Å². The first-order valence-corrected chi connectivity index (χ1v) is 6.24. The molecule has 1 heterocycles. The van der Waals surface area contributed by atoms with Crippen LogP contribution in [0.4, 0.5) is 0 Å². The molecule has 0 fully saturated rings. The Labute approximate surface area is 113 Å². The summed E-state index contributed by atoms with van der Waals surface area (Å²) in [5.74, 6) is 0.804. The SMILES string of the molecule is COc1ccccc1CCNC(=O)c1cccn1C. The van der Waals surface area contributed by atoms with Crippen LogP contribution in [0.1, 0.15) is 16.1 Å². The van der Waals surface area contributed by atoms with Gasteiger partial charge in [-0.3, -0.25) is 4.79 Å². The van der Waals surface area contributed by atoms with Crippen LogP contribution in [-0.2, 0) is 13.5 Å². The minimum absolute atomic E-state index is 0.0533. The lowest BCUT2D eigenvalue weighted by atomic mass is 10.1. The molecular weight excluding hydrogens is 240 g/mol. The summed E-state index contributed by atoms with van der Waals surface area (Å²) >= 11 is 0. The predicted molar refractivity (Wildman–Crippen MR) is 74.4 cm³/mol. The summed E-state index contributed by atoms with van der Waals surface area (Å²) in [6.07, 6.45) is 2.61. The maximum atomic E-state index is 11.9. The highest BCUT2D eigenvalue weighted by atomic mass is 16.5. The fraction of sp³-hybridized carbons (Fsp3) is 0.267. The van der Waals surface area contributed by atoms with Crippen molar-refractivity contribution in [3.8, 4) is 5.75 Å². The molecule has 0 unspecified atom stereocenters. The molecule has 1 aromatic heterocycles. The first kappa shape index (κ1) is 13.2. The molecule has 4 heteroatoms. The minimum atomic E-state index is -0.0533. The summed E-state index contributed by atoms with van der Waals surface area (Å²) in [5, 5.41) is 2.91. The van der Waals surface area contributed by atoms with Gasteiger partial charge in [-0.15, -0.1) is 0 Å². The van der Waals surface area contributed by atoms with Gasteiger partial charge in [-0.05, 0) is 30.2 Å². The van der Waals surface area contributed by atoms with Crippen molar-refractivity contribution in [2.75, 3.05) is 13.7 Å². The summed E-state index contributed by atoms with van der Waals surface area (Å²) in [4.78, 5) is 11.9. The number of aryl methyl sites for hydroxylation is 1. The average molecular weight is 258 g/mol. The van der Waals surface area contributed by atoms with Crippen LogP contribution in [0, 0.1) is 0 Å². The summed E-state index contributed by atoms with van der Waals surface area (Å²) in [6, 6.07) is 11.5. The molecule has 0 atom stereocenters. The lowest BCUT2D eigenvalue weighted by Crippen LogP contribution is -2.27. The third kappa shape index (κ3) is 3.16. The van der Waals surface area contributed by atoms with E-state index in [1.54, 1.807) is 17.7 Å². The largest absolute Gasteiger partial charge is 0.496 e. The van der Waals surface area contributed by atoms with Gasteiger partial charge in [0.05, 0.1) is 7.11 Å². The van der Waals surface area contributed by atoms with E-state index < -0.39 is 0 Å². The second kappa shape index (κ2) is 6.09. The van der Waals surface area contributed by atoms with E-state index in [4.69, 9.17) is 4.74 Å². The van der Waals surface area contributed by atoms with Crippen LogP contribution in [0.5, 0.6) is 5.75 Å². The van der Waals surface area contributed by atoms with Crippen LogP contribution >= 0.6 is 0 Å². The minimum Gasteiger partial charge on any atom is -0.496 e. The van der Waals surface area contributed by atoms with Gasteiger partial charge in [0.2, 0.25) is 0 Å². The number of aromatic nitrogens is 1. The van der Waals surface area contributed by atoms with Crippen molar-refractivity contribution < 1.29 is 9.53 Å². The molecule has 1 aromatic carbocycles. The Balaban J connectivity index is 1.90. The number of rotatable bonds is 5. The molecule has 0 spiro atoms. The molecule has 0 aliphatic carbocycles. The molecule has 4 nitrogen and oxygen atoms in total. The molecular formula is C15H18N2O2. The van der Waals surface area contributed by atoms with Crippen LogP contribution in [0.25, 0.3) is 0 Å². The number of nitrogens with zero attached hydrogens (tertiary/aromatic N) is 1. The molecule has 2 aromatic rings. The fourth-order valence-electron chi connectivity index (χ4n) is 2.01. The third-order valence-electron chi connectivity index (χ3n) is 3.05. The Morgan fingerprint density at radius 2 is 2.05 bits per heavy atom. The van der Waals surface area contributed by atoms with E-state index in [1.807, 2.05) is 43.6 Å². The van der Waals surface area contributed by atoms with E-state index in [2.05, 4.69) is 5.32 Å². The number of benzene rings is 1. The second-order valence-electron chi connectivity index (χ2n) is 4.32. The molecule has 2 rings (SSSR count). The van der Waals surface area contributed by atoms with Crippen LogP contribution < -0.4 is 10.1 Å². The second-order valence-corrected chi connectivity index (χ2v) is 4.32. The Morgan fingerprint density at radius 1 is 1.26 bits per heavy atom. The number of amides is 1. The zero-order valence-corrected chi connectivity index (χ0v) is 11.2. The number of methoxy groups -OCH3 is 1. The molecule has 0 radical (unpaired) electrons. The topological polar surface area (TPSA) is 43.3 Å². The van der Waals surface area contributed by atoms with Gasteiger partial charge in [0.25, 0.3) is 5.91 Å². The van der Waals surface area contributed by atoms with Crippen molar-refractivity contribution in [1.82, 2.24) is 9.88 Å². The quantitative estimate of drug-likeness (QED) is 0.891. The molecule has 0 saturated carbocycles. The van der Waals surface area contributed by atoms with Crippen molar-refractivity contribution in [1.29, 1.82) is 0 Å². The smallest absolute Gasteiger partial charge is 0.267 e. The van der Waals surface area contributed by atoms with Crippen LogP contribution in [0.2, 0.25) is 0 Å². The standard InChI is InChI=1S/C15H18N2O2/c1-17-11-5-7-13(17)15(18)16-10-9-12-6-3-4-8-14(12)19-2/h3-8,11H,9-10H2,1-2H3,(H,16,18). The predicted octanol–water partition coefficient (Wildman–Crippen LogP) is 2.01. The normalized spacial score (nSPS) is 10.2. The van der Waals surface area contributed by atoms with Crippen molar-refractivity contribution in [3.63, 3.8) is 0 Å². The molecule has 0 saturated heterocycles. The van der Waals surface area contributed by atoms with Crippen LogP contribution in [0.15, 0.2) is 42.6 Å².